The molecule has 0 aliphatic heterocycles. The first-order valence-electron chi connectivity index (χ1n) is 6.39. The molecule has 2 rings (SSSR count). The highest BCUT2D eigenvalue weighted by molar-refractivity contribution is 7.10. The van der Waals surface area contributed by atoms with Gasteiger partial charge in [0.1, 0.15) is 18.0 Å². The zero-order chi connectivity index (χ0) is 13.7. The van der Waals surface area contributed by atoms with Crippen molar-refractivity contribution in [3.05, 3.63) is 33.8 Å². The van der Waals surface area contributed by atoms with E-state index in [9.17, 15) is 0 Å². The molecule has 6 heteroatoms. The van der Waals surface area contributed by atoms with E-state index in [4.69, 9.17) is 5.84 Å². The number of aromatic nitrogens is 2. The minimum absolute atomic E-state index is 0.682. The van der Waals surface area contributed by atoms with Crippen molar-refractivity contribution in [3.63, 3.8) is 0 Å². The summed E-state index contributed by atoms with van der Waals surface area (Å²) in [6.45, 7) is 5.02. The van der Waals surface area contributed by atoms with Gasteiger partial charge in [0.2, 0.25) is 0 Å². The van der Waals surface area contributed by atoms with Crippen molar-refractivity contribution in [3.8, 4) is 0 Å². The maximum Gasteiger partial charge on any atom is 0.148 e. The Morgan fingerprint density at radius 1 is 1.21 bits per heavy atom. The van der Waals surface area contributed by atoms with Gasteiger partial charge in [-0.25, -0.2) is 15.8 Å². The number of nitrogens with two attached hydrogens (primary N) is 1. The third-order valence-electron chi connectivity index (χ3n) is 3.07. The lowest BCUT2D eigenvalue weighted by Crippen LogP contribution is -2.14. The van der Waals surface area contributed by atoms with E-state index in [1.807, 2.05) is 0 Å². The number of nitrogens with one attached hydrogen (secondary N) is 2. The molecule has 0 saturated heterocycles. The summed E-state index contributed by atoms with van der Waals surface area (Å²) < 4.78 is 0. The van der Waals surface area contributed by atoms with Gasteiger partial charge in [0.25, 0.3) is 0 Å². The van der Waals surface area contributed by atoms with E-state index < -0.39 is 0 Å². The van der Waals surface area contributed by atoms with Crippen LogP contribution in [0.25, 0.3) is 0 Å². The highest BCUT2D eigenvalue weighted by Gasteiger charge is 2.09. The normalized spacial score (nSPS) is 10.5. The Bertz CT molecular complexity index is 538. The fraction of sp³-hybridized carbons (Fsp3) is 0.385. The molecule has 0 saturated carbocycles. The number of thiophene rings is 1. The Hall–Kier alpha value is -1.66. The largest absolute Gasteiger partial charge is 0.365 e. The average Bonchev–Trinajstić information content (AvgIpc) is 2.91. The lowest BCUT2D eigenvalue weighted by atomic mass is 10.2. The van der Waals surface area contributed by atoms with Crippen LogP contribution in [0.1, 0.15) is 29.9 Å². The Morgan fingerprint density at radius 2 is 2.00 bits per heavy atom. The minimum atomic E-state index is 0.682. The van der Waals surface area contributed by atoms with Gasteiger partial charge in [-0.2, -0.15) is 0 Å². The molecule has 2 aromatic rings. The van der Waals surface area contributed by atoms with Crippen LogP contribution < -0.4 is 16.6 Å². The van der Waals surface area contributed by atoms with Crippen molar-refractivity contribution < 1.29 is 0 Å². The molecule has 0 spiro atoms. The summed E-state index contributed by atoms with van der Waals surface area (Å²) >= 11 is 1.77. The molecule has 0 aliphatic rings. The SMILES string of the molecule is CCc1ccsc1CNc1ncnc(NN)c1CC. The summed E-state index contributed by atoms with van der Waals surface area (Å²) in [7, 11) is 0. The molecule has 0 atom stereocenters. The smallest absolute Gasteiger partial charge is 0.148 e. The van der Waals surface area contributed by atoms with Crippen molar-refractivity contribution in [1.82, 2.24) is 9.97 Å². The second-order valence-electron chi connectivity index (χ2n) is 4.12. The van der Waals surface area contributed by atoms with Crippen LogP contribution in [0.3, 0.4) is 0 Å². The molecule has 19 heavy (non-hydrogen) atoms. The van der Waals surface area contributed by atoms with E-state index in [1.165, 1.54) is 16.8 Å². The molecule has 0 unspecified atom stereocenters. The number of hydrogen-bond donors (Lipinski definition) is 3. The Kier molecular flexibility index (Phi) is 4.70. The van der Waals surface area contributed by atoms with Crippen molar-refractivity contribution in [2.75, 3.05) is 10.7 Å². The molecule has 0 aliphatic carbocycles. The van der Waals surface area contributed by atoms with Crippen LogP contribution in [0.15, 0.2) is 17.8 Å². The molecular weight excluding hydrogens is 258 g/mol. The second kappa shape index (κ2) is 6.49. The van der Waals surface area contributed by atoms with Gasteiger partial charge in [-0.3, -0.25) is 0 Å². The number of aryl methyl sites for hydroxylation is 1. The van der Waals surface area contributed by atoms with E-state index in [1.54, 1.807) is 11.3 Å². The van der Waals surface area contributed by atoms with Crippen LogP contribution >= 0.6 is 11.3 Å². The molecule has 0 aromatic carbocycles. The third-order valence-corrected chi connectivity index (χ3v) is 4.03. The maximum atomic E-state index is 5.47. The van der Waals surface area contributed by atoms with E-state index in [0.29, 0.717) is 5.82 Å². The molecule has 5 nitrogen and oxygen atoms in total. The van der Waals surface area contributed by atoms with Crippen LogP contribution in [-0.2, 0) is 19.4 Å². The molecule has 0 radical (unpaired) electrons. The zero-order valence-electron chi connectivity index (χ0n) is 11.2. The first kappa shape index (κ1) is 13.8. The fourth-order valence-electron chi connectivity index (χ4n) is 2.03. The molecule has 2 aromatic heterocycles. The number of hydrazine groups is 1. The summed E-state index contributed by atoms with van der Waals surface area (Å²) in [4.78, 5) is 9.77. The van der Waals surface area contributed by atoms with Crippen LogP contribution in [0, 0.1) is 0 Å². The van der Waals surface area contributed by atoms with Gasteiger partial charge in [-0.05, 0) is 29.9 Å². The summed E-state index contributed by atoms with van der Waals surface area (Å²) in [5.74, 6) is 7.00. The minimum Gasteiger partial charge on any atom is -0.365 e. The third kappa shape index (κ3) is 3.02. The van der Waals surface area contributed by atoms with Gasteiger partial charge in [0.15, 0.2) is 0 Å². The number of nitrogen functional groups attached to an aromatic ring is 1. The van der Waals surface area contributed by atoms with Gasteiger partial charge in [-0.15, -0.1) is 11.3 Å². The molecule has 4 N–H and O–H groups in total. The summed E-state index contributed by atoms with van der Waals surface area (Å²) in [5.41, 5.74) is 5.02. The number of nitrogens with zero attached hydrogens (tertiary/aromatic N) is 2. The van der Waals surface area contributed by atoms with E-state index in [0.717, 1.165) is 30.8 Å². The Balaban J connectivity index is 2.15. The van der Waals surface area contributed by atoms with Gasteiger partial charge in [0, 0.05) is 10.4 Å². The van der Waals surface area contributed by atoms with E-state index >= 15 is 0 Å². The molecule has 0 fully saturated rings. The second-order valence-corrected chi connectivity index (χ2v) is 5.12. The lowest BCUT2D eigenvalue weighted by Gasteiger charge is -2.12. The molecule has 2 heterocycles. The fourth-order valence-corrected chi connectivity index (χ4v) is 2.94. The standard InChI is InChI=1S/C13H19N5S/c1-3-9-5-6-19-11(9)7-15-12-10(4-2)13(18-14)17-8-16-12/h5-6,8H,3-4,7,14H2,1-2H3,(H2,15,16,17,18). The topological polar surface area (TPSA) is 75.9 Å². The van der Waals surface area contributed by atoms with Crippen molar-refractivity contribution in [2.45, 2.75) is 33.2 Å². The van der Waals surface area contributed by atoms with Gasteiger partial charge in [0.05, 0.1) is 6.54 Å². The first-order chi connectivity index (χ1) is 9.30. The summed E-state index contributed by atoms with van der Waals surface area (Å²) in [6.07, 6.45) is 3.40. The summed E-state index contributed by atoms with van der Waals surface area (Å²) in [6, 6.07) is 2.18. The monoisotopic (exact) mass is 277 g/mol. The van der Waals surface area contributed by atoms with Crippen LogP contribution in [0.4, 0.5) is 11.6 Å². The van der Waals surface area contributed by atoms with E-state index in [-0.39, 0.29) is 0 Å². The van der Waals surface area contributed by atoms with Crippen LogP contribution in [-0.4, -0.2) is 9.97 Å². The van der Waals surface area contributed by atoms with Crippen molar-refractivity contribution in [2.24, 2.45) is 5.84 Å². The zero-order valence-corrected chi connectivity index (χ0v) is 12.0. The molecule has 102 valence electrons. The highest BCUT2D eigenvalue weighted by Crippen LogP contribution is 2.22. The molecule has 0 amide bonds. The van der Waals surface area contributed by atoms with Crippen LogP contribution in [0.2, 0.25) is 0 Å². The summed E-state index contributed by atoms with van der Waals surface area (Å²) in [5, 5.41) is 5.51. The van der Waals surface area contributed by atoms with Crippen molar-refractivity contribution in [1.29, 1.82) is 0 Å². The number of hydrogen-bond acceptors (Lipinski definition) is 6. The predicted octanol–water partition coefficient (Wildman–Crippen LogP) is 2.56. The quantitative estimate of drug-likeness (QED) is 0.559. The van der Waals surface area contributed by atoms with Gasteiger partial charge >= 0.3 is 0 Å². The molecular formula is C13H19N5S. The number of anilines is 2. The predicted molar refractivity (Wildman–Crippen MR) is 80.2 cm³/mol. The lowest BCUT2D eigenvalue weighted by molar-refractivity contribution is 1.00. The van der Waals surface area contributed by atoms with Gasteiger partial charge in [-0.1, -0.05) is 13.8 Å². The van der Waals surface area contributed by atoms with Gasteiger partial charge < -0.3 is 10.7 Å². The first-order valence-corrected chi connectivity index (χ1v) is 7.27. The molecule has 0 bridgehead atoms. The van der Waals surface area contributed by atoms with Crippen LogP contribution in [0.5, 0.6) is 0 Å². The Labute approximate surface area is 117 Å². The number of rotatable bonds is 6. The Morgan fingerprint density at radius 3 is 2.68 bits per heavy atom. The highest BCUT2D eigenvalue weighted by atomic mass is 32.1. The van der Waals surface area contributed by atoms with E-state index in [2.05, 4.69) is 46.0 Å². The average molecular weight is 277 g/mol. The van der Waals surface area contributed by atoms with Crippen molar-refractivity contribution >= 4 is 23.0 Å². The maximum absolute atomic E-state index is 5.47.